The average molecular weight is 377 g/mol. The summed E-state index contributed by atoms with van der Waals surface area (Å²) in [7, 11) is 0. The Morgan fingerprint density at radius 1 is 1.18 bits per heavy atom. The predicted octanol–water partition coefficient (Wildman–Crippen LogP) is 4.42. The van der Waals surface area contributed by atoms with Crippen LogP contribution in [0.3, 0.4) is 0 Å². The fourth-order valence-corrected chi connectivity index (χ4v) is 3.45. The number of aliphatic hydroxyl groups is 1. The predicted molar refractivity (Wildman–Crippen MR) is 79.6 cm³/mol. The molecular weight excluding hydrogens is 366 g/mol. The number of rotatable bonds is 4. The molecule has 2 N–H and O–H groups in total. The maximum absolute atomic E-state index is 9.45. The molecule has 0 radical (unpaired) electrons. The normalized spacial score (nSPS) is 12.4. The third kappa shape index (κ3) is 3.31. The van der Waals surface area contributed by atoms with E-state index in [0.29, 0.717) is 0 Å². The van der Waals surface area contributed by atoms with Gasteiger partial charge in [-0.1, -0.05) is 15.9 Å². The van der Waals surface area contributed by atoms with Gasteiger partial charge in [0.25, 0.3) is 0 Å². The number of hydrogen-bond donors (Lipinski definition) is 2. The third-order valence-electron chi connectivity index (χ3n) is 2.33. The number of thiophene rings is 1. The van der Waals surface area contributed by atoms with Gasteiger partial charge in [0.05, 0.1) is 12.6 Å². The van der Waals surface area contributed by atoms with Gasteiger partial charge in [0.2, 0.25) is 0 Å². The summed E-state index contributed by atoms with van der Waals surface area (Å²) in [6, 6.07) is 9.82. The fraction of sp³-hybridized carbons (Fsp3) is 0.167. The Labute approximate surface area is 121 Å². The van der Waals surface area contributed by atoms with Crippen LogP contribution < -0.4 is 5.32 Å². The largest absolute Gasteiger partial charge is 0.394 e. The van der Waals surface area contributed by atoms with Crippen molar-refractivity contribution in [3.05, 3.63) is 49.5 Å². The van der Waals surface area contributed by atoms with Crippen LogP contribution in [0.1, 0.15) is 10.9 Å². The van der Waals surface area contributed by atoms with E-state index in [1.807, 2.05) is 35.7 Å². The maximum Gasteiger partial charge on any atom is 0.0849 e. The van der Waals surface area contributed by atoms with Crippen molar-refractivity contribution in [2.24, 2.45) is 0 Å². The van der Waals surface area contributed by atoms with Crippen molar-refractivity contribution in [2.75, 3.05) is 11.9 Å². The molecule has 1 aromatic carbocycles. The van der Waals surface area contributed by atoms with Crippen LogP contribution in [0.15, 0.2) is 44.7 Å². The van der Waals surface area contributed by atoms with E-state index in [4.69, 9.17) is 0 Å². The lowest BCUT2D eigenvalue weighted by molar-refractivity contribution is 0.277. The van der Waals surface area contributed by atoms with Crippen molar-refractivity contribution >= 4 is 48.9 Å². The van der Waals surface area contributed by atoms with E-state index >= 15 is 0 Å². The lowest BCUT2D eigenvalue weighted by atomic mass is 10.2. The van der Waals surface area contributed by atoms with E-state index in [1.165, 1.54) is 0 Å². The van der Waals surface area contributed by atoms with E-state index in [-0.39, 0.29) is 12.6 Å². The highest BCUT2D eigenvalue weighted by Crippen LogP contribution is 2.31. The summed E-state index contributed by atoms with van der Waals surface area (Å²) in [6.07, 6.45) is 0. The molecule has 2 nitrogen and oxygen atoms in total. The summed E-state index contributed by atoms with van der Waals surface area (Å²) < 4.78 is 2.08. The molecule has 1 unspecified atom stereocenters. The summed E-state index contributed by atoms with van der Waals surface area (Å²) >= 11 is 8.51. The molecule has 5 heteroatoms. The zero-order chi connectivity index (χ0) is 12.3. The first-order valence-corrected chi connectivity index (χ1v) is 7.53. The maximum atomic E-state index is 9.45. The second-order valence-corrected chi connectivity index (χ2v) is 6.24. The van der Waals surface area contributed by atoms with Gasteiger partial charge in [-0.05, 0) is 51.6 Å². The lowest BCUT2D eigenvalue weighted by Crippen LogP contribution is -2.13. The molecule has 0 aliphatic heterocycles. The Morgan fingerprint density at radius 3 is 2.41 bits per heavy atom. The molecule has 0 saturated carbocycles. The van der Waals surface area contributed by atoms with Crippen LogP contribution in [0.2, 0.25) is 0 Å². The highest BCUT2D eigenvalue weighted by Gasteiger charge is 2.14. The Bertz CT molecular complexity index is 484. The van der Waals surface area contributed by atoms with E-state index < -0.39 is 0 Å². The highest BCUT2D eigenvalue weighted by molar-refractivity contribution is 9.10. The highest BCUT2D eigenvalue weighted by atomic mass is 79.9. The standard InChI is InChI=1S/C12H11Br2NOS/c13-8-1-3-9(4-2-8)15-11(7-16)12-10(14)5-6-17-12/h1-6,11,15-16H,7H2. The van der Waals surface area contributed by atoms with Crippen LogP contribution in [0, 0.1) is 0 Å². The van der Waals surface area contributed by atoms with Gasteiger partial charge < -0.3 is 10.4 Å². The first-order chi connectivity index (χ1) is 8.20. The van der Waals surface area contributed by atoms with Crippen molar-refractivity contribution in [3.63, 3.8) is 0 Å². The molecule has 1 heterocycles. The minimum atomic E-state index is -0.0782. The second kappa shape index (κ2) is 6.00. The van der Waals surface area contributed by atoms with Crippen molar-refractivity contribution < 1.29 is 5.11 Å². The summed E-state index contributed by atoms with van der Waals surface area (Å²) in [5, 5.41) is 14.8. The van der Waals surface area contributed by atoms with Crippen LogP contribution in [0.4, 0.5) is 5.69 Å². The molecule has 0 aliphatic rings. The topological polar surface area (TPSA) is 32.3 Å². The SMILES string of the molecule is OCC(Nc1ccc(Br)cc1)c1sccc1Br. The first kappa shape index (κ1) is 13.1. The van der Waals surface area contributed by atoms with Crippen LogP contribution in [-0.2, 0) is 0 Å². The molecule has 0 saturated heterocycles. The summed E-state index contributed by atoms with van der Waals surface area (Å²) in [5.41, 5.74) is 0.993. The monoisotopic (exact) mass is 375 g/mol. The van der Waals surface area contributed by atoms with E-state index in [9.17, 15) is 5.11 Å². The smallest absolute Gasteiger partial charge is 0.0849 e. The van der Waals surface area contributed by atoms with Crippen LogP contribution in [0.25, 0.3) is 0 Å². The van der Waals surface area contributed by atoms with Gasteiger partial charge in [0.1, 0.15) is 0 Å². The molecule has 0 aliphatic carbocycles. The summed E-state index contributed by atoms with van der Waals surface area (Å²) in [6.45, 7) is 0.0647. The Hall–Kier alpha value is -0.360. The van der Waals surface area contributed by atoms with Gasteiger partial charge >= 0.3 is 0 Å². The number of benzene rings is 1. The molecule has 1 aromatic heterocycles. The van der Waals surface area contributed by atoms with Crippen LogP contribution >= 0.6 is 43.2 Å². The number of nitrogens with one attached hydrogen (secondary N) is 1. The average Bonchev–Trinajstić information content (AvgIpc) is 2.75. The van der Waals surface area contributed by atoms with Crippen LogP contribution in [-0.4, -0.2) is 11.7 Å². The van der Waals surface area contributed by atoms with Gasteiger partial charge in [0, 0.05) is 19.5 Å². The second-order valence-electron chi connectivity index (χ2n) is 3.52. The minimum absolute atomic E-state index is 0.0647. The quantitative estimate of drug-likeness (QED) is 0.827. The number of hydrogen-bond acceptors (Lipinski definition) is 3. The Balaban J connectivity index is 2.16. The Morgan fingerprint density at radius 2 is 1.88 bits per heavy atom. The first-order valence-electron chi connectivity index (χ1n) is 5.06. The zero-order valence-corrected chi connectivity index (χ0v) is 12.8. The van der Waals surface area contributed by atoms with E-state index in [2.05, 4.69) is 37.2 Å². The van der Waals surface area contributed by atoms with Gasteiger partial charge in [-0.2, -0.15) is 0 Å². The van der Waals surface area contributed by atoms with Crippen LogP contribution in [0.5, 0.6) is 0 Å². The molecule has 0 bridgehead atoms. The fourth-order valence-electron chi connectivity index (χ4n) is 1.50. The number of anilines is 1. The van der Waals surface area contributed by atoms with Crippen molar-refractivity contribution in [1.82, 2.24) is 0 Å². The molecule has 2 aromatic rings. The van der Waals surface area contributed by atoms with Gasteiger partial charge in [-0.3, -0.25) is 0 Å². The molecule has 1 atom stereocenters. The van der Waals surface area contributed by atoms with Gasteiger partial charge in [-0.15, -0.1) is 11.3 Å². The van der Waals surface area contributed by atoms with Crippen molar-refractivity contribution in [1.29, 1.82) is 0 Å². The van der Waals surface area contributed by atoms with Gasteiger partial charge in [0.15, 0.2) is 0 Å². The zero-order valence-electron chi connectivity index (χ0n) is 8.86. The van der Waals surface area contributed by atoms with Gasteiger partial charge in [-0.25, -0.2) is 0 Å². The lowest BCUT2D eigenvalue weighted by Gasteiger charge is -2.17. The van der Waals surface area contributed by atoms with Crippen molar-refractivity contribution in [3.8, 4) is 0 Å². The summed E-state index contributed by atoms with van der Waals surface area (Å²) in [4.78, 5) is 1.11. The molecule has 90 valence electrons. The van der Waals surface area contributed by atoms with E-state index in [0.717, 1.165) is 19.5 Å². The molecule has 0 spiro atoms. The number of aliphatic hydroxyl groups excluding tert-OH is 1. The molecule has 2 rings (SSSR count). The minimum Gasteiger partial charge on any atom is -0.394 e. The molecule has 0 fully saturated rings. The molecular formula is C12H11Br2NOS. The molecule has 17 heavy (non-hydrogen) atoms. The Kier molecular flexibility index (Phi) is 4.62. The van der Waals surface area contributed by atoms with Crippen molar-refractivity contribution in [2.45, 2.75) is 6.04 Å². The third-order valence-corrected chi connectivity index (χ3v) is 4.84. The number of halogens is 2. The summed E-state index contributed by atoms with van der Waals surface area (Å²) in [5.74, 6) is 0. The van der Waals surface area contributed by atoms with E-state index in [1.54, 1.807) is 11.3 Å². The molecule has 0 amide bonds.